The maximum Gasteiger partial charge on any atom is 0.247 e. The maximum absolute atomic E-state index is 13.6. The SMILES string of the molecule is COCCC(=O)N(C1CCCCCC1)[C@@H]1CC(C(=O)NCCO)=C[C@H](Oc2c(I)cc(C=O)cc2OC)[C@H]1O. The van der Waals surface area contributed by atoms with Crippen molar-refractivity contribution in [3.05, 3.63) is 32.9 Å². The van der Waals surface area contributed by atoms with Crippen LogP contribution in [0.4, 0.5) is 0 Å². The zero-order valence-corrected chi connectivity index (χ0v) is 24.7. The summed E-state index contributed by atoms with van der Waals surface area (Å²) in [6, 6.07) is 2.41. The number of halogens is 1. The van der Waals surface area contributed by atoms with Crippen LogP contribution in [0.1, 0.15) is 61.7 Å². The lowest BCUT2D eigenvalue weighted by molar-refractivity contribution is -0.143. The molecule has 2 aliphatic carbocycles. The number of carbonyl (C=O) groups excluding carboxylic acids is 3. The first-order valence-electron chi connectivity index (χ1n) is 13.4. The van der Waals surface area contributed by atoms with E-state index < -0.39 is 24.2 Å². The van der Waals surface area contributed by atoms with Crippen LogP contribution in [0.5, 0.6) is 11.5 Å². The Balaban J connectivity index is 2.02. The fourth-order valence-corrected chi connectivity index (χ4v) is 6.07. The molecular weight excluding hydrogens is 619 g/mol. The predicted molar refractivity (Wildman–Crippen MR) is 153 cm³/mol. The molecule has 39 heavy (non-hydrogen) atoms. The van der Waals surface area contributed by atoms with Crippen LogP contribution in [0.15, 0.2) is 23.8 Å². The van der Waals surface area contributed by atoms with Crippen molar-refractivity contribution in [2.45, 2.75) is 75.7 Å². The number of amides is 2. The normalized spacial score (nSPS) is 21.9. The minimum Gasteiger partial charge on any atom is -0.493 e. The Bertz CT molecular complexity index is 1030. The number of benzene rings is 1. The van der Waals surface area contributed by atoms with Gasteiger partial charge in [0.1, 0.15) is 18.5 Å². The van der Waals surface area contributed by atoms with Crippen LogP contribution in [0, 0.1) is 3.57 Å². The molecule has 0 unspecified atom stereocenters. The van der Waals surface area contributed by atoms with Gasteiger partial charge in [-0.15, -0.1) is 0 Å². The van der Waals surface area contributed by atoms with Crippen molar-refractivity contribution < 1.29 is 38.8 Å². The third kappa shape index (κ3) is 8.15. The average molecular weight is 659 g/mol. The van der Waals surface area contributed by atoms with Crippen molar-refractivity contribution in [1.82, 2.24) is 10.2 Å². The monoisotopic (exact) mass is 658 g/mol. The molecule has 11 heteroatoms. The number of aldehydes is 1. The Morgan fingerprint density at radius 2 is 1.90 bits per heavy atom. The number of methoxy groups -OCH3 is 2. The zero-order valence-electron chi connectivity index (χ0n) is 22.6. The van der Waals surface area contributed by atoms with Crippen LogP contribution in [-0.2, 0) is 14.3 Å². The van der Waals surface area contributed by atoms with E-state index >= 15 is 0 Å². The van der Waals surface area contributed by atoms with Crippen LogP contribution in [0.2, 0.25) is 0 Å². The molecule has 0 saturated heterocycles. The van der Waals surface area contributed by atoms with Crippen molar-refractivity contribution in [2.75, 3.05) is 34.0 Å². The number of nitrogens with one attached hydrogen (secondary N) is 1. The van der Waals surface area contributed by atoms with E-state index in [1.54, 1.807) is 30.2 Å². The molecule has 3 atom stereocenters. The van der Waals surface area contributed by atoms with Gasteiger partial charge < -0.3 is 34.6 Å². The van der Waals surface area contributed by atoms with Crippen LogP contribution < -0.4 is 14.8 Å². The summed E-state index contributed by atoms with van der Waals surface area (Å²) in [5.41, 5.74) is 0.772. The Morgan fingerprint density at radius 1 is 1.18 bits per heavy atom. The smallest absolute Gasteiger partial charge is 0.247 e. The van der Waals surface area contributed by atoms with Crippen molar-refractivity contribution in [3.63, 3.8) is 0 Å². The van der Waals surface area contributed by atoms with Crippen LogP contribution in [0.25, 0.3) is 0 Å². The number of aliphatic hydroxyl groups is 2. The second-order valence-corrected chi connectivity index (χ2v) is 11.0. The Hall–Kier alpha value is -2.22. The molecule has 0 radical (unpaired) electrons. The standard InChI is InChI=1S/C28H39IN2O8/c1-37-12-9-25(34)31(20-7-5-3-4-6-8-20)22-15-19(28(36)30-10-11-32)16-23(26(22)35)39-27-21(29)13-18(17-33)14-24(27)38-2/h13-14,16-17,20,22-23,26,32,35H,3-12,15H2,1-2H3,(H,30,36)/t22-,23+,26+/m1/s1. The van der Waals surface area contributed by atoms with Gasteiger partial charge in [0, 0.05) is 37.3 Å². The molecule has 1 fully saturated rings. The lowest BCUT2D eigenvalue weighted by Crippen LogP contribution is -2.58. The molecule has 1 aromatic rings. The summed E-state index contributed by atoms with van der Waals surface area (Å²) in [4.78, 5) is 39.8. The Morgan fingerprint density at radius 3 is 2.51 bits per heavy atom. The first-order chi connectivity index (χ1) is 18.8. The molecule has 0 bridgehead atoms. The van der Waals surface area contributed by atoms with Gasteiger partial charge in [-0.05, 0) is 53.6 Å². The molecule has 10 nitrogen and oxygen atoms in total. The molecule has 2 amide bonds. The van der Waals surface area contributed by atoms with E-state index in [0.717, 1.165) is 38.5 Å². The van der Waals surface area contributed by atoms with E-state index in [9.17, 15) is 24.6 Å². The number of hydrogen-bond acceptors (Lipinski definition) is 8. The molecule has 3 rings (SSSR count). The van der Waals surface area contributed by atoms with Crippen LogP contribution >= 0.6 is 22.6 Å². The number of ether oxygens (including phenoxy) is 3. The van der Waals surface area contributed by atoms with Crippen molar-refractivity contribution >= 4 is 40.7 Å². The topological polar surface area (TPSA) is 135 Å². The van der Waals surface area contributed by atoms with Gasteiger partial charge in [-0.3, -0.25) is 14.4 Å². The molecule has 0 aliphatic heterocycles. The quantitative estimate of drug-likeness (QED) is 0.177. The fraction of sp³-hybridized carbons (Fsp3) is 0.607. The number of carbonyl (C=O) groups is 3. The highest BCUT2D eigenvalue weighted by atomic mass is 127. The van der Waals surface area contributed by atoms with Crippen molar-refractivity contribution in [3.8, 4) is 11.5 Å². The fourth-order valence-electron chi connectivity index (χ4n) is 5.32. The number of rotatable bonds is 12. The first kappa shape index (κ1) is 31.3. The van der Waals surface area contributed by atoms with E-state index in [-0.39, 0.29) is 44.5 Å². The minimum absolute atomic E-state index is 0.0708. The largest absolute Gasteiger partial charge is 0.493 e. The van der Waals surface area contributed by atoms with Gasteiger partial charge >= 0.3 is 0 Å². The van der Waals surface area contributed by atoms with Crippen molar-refractivity contribution in [1.29, 1.82) is 0 Å². The van der Waals surface area contributed by atoms with Gasteiger partial charge in [0.05, 0.1) is 36.4 Å². The summed E-state index contributed by atoms with van der Waals surface area (Å²) in [6.45, 7) is 0.114. The first-order valence-corrected chi connectivity index (χ1v) is 14.5. The van der Waals surface area contributed by atoms with Crippen LogP contribution in [-0.4, -0.2) is 91.5 Å². The molecule has 0 aromatic heterocycles. The second kappa shape index (κ2) is 15.5. The number of hydrogen-bond donors (Lipinski definition) is 3. The second-order valence-electron chi connectivity index (χ2n) is 9.86. The number of aliphatic hydroxyl groups excluding tert-OH is 2. The van der Waals surface area contributed by atoms with E-state index in [1.807, 2.05) is 22.6 Å². The summed E-state index contributed by atoms with van der Waals surface area (Å²) >= 11 is 2.03. The molecule has 1 aromatic carbocycles. The van der Waals surface area contributed by atoms with E-state index in [2.05, 4.69) is 5.32 Å². The summed E-state index contributed by atoms with van der Waals surface area (Å²) in [5, 5.41) is 23.6. The summed E-state index contributed by atoms with van der Waals surface area (Å²) in [6.07, 6.45) is 6.28. The van der Waals surface area contributed by atoms with Crippen LogP contribution in [0.3, 0.4) is 0 Å². The minimum atomic E-state index is -1.14. The van der Waals surface area contributed by atoms with Gasteiger partial charge in [0.15, 0.2) is 11.5 Å². The van der Waals surface area contributed by atoms with Gasteiger partial charge in [-0.1, -0.05) is 25.7 Å². The predicted octanol–water partition coefficient (Wildman–Crippen LogP) is 2.62. The lowest BCUT2D eigenvalue weighted by atomic mass is 9.86. The van der Waals surface area contributed by atoms with E-state index in [1.165, 1.54) is 7.11 Å². The van der Waals surface area contributed by atoms with Crippen molar-refractivity contribution in [2.24, 2.45) is 0 Å². The molecule has 1 saturated carbocycles. The third-order valence-corrected chi connectivity index (χ3v) is 8.04. The highest BCUT2D eigenvalue weighted by molar-refractivity contribution is 14.1. The molecule has 0 heterocycles. The van der Waals surface area contributed by atoms with Gasteiger partial charge in [0.25, 0.3) is 0 Å². The van der Waals surface area contributed by atoms with E-state index in [0.29, 0.717) is 32.5 Å². The molecule has 216 valence electrons. The van der Waals surface area contributed by atoms with Gasteiger partial charge in [-0.25, -0.2) is 0 Å². The Kier molecular flexibility index (Phi) is 12.5. The molecule has 2 aliphatic rings. The molecular formula is C28H39IN2O8. The lowest BCUT2D eigenvalue weighted by Gasteiger charge is -2.44. The molecule has 0 spiro atoms. The summed E-state index contributed by atoms with van der Waals surface area (Å²) in [7, 11) is 3.00. The Labute approximate surface area is 243 Å². The summed E-state index contributed by atoms with van der Waals surface area (Å²) in [5.74, 6) is 0.116. The summed E-state index contributed by atoms with van der Waals surface area (Å²) < 4.78 is 17.5. The highest BCUT2D eigenvalue weighted by Crippen LogP contribution is 2.38. The molecule has 3 N–H and O–H groups in total. The number of nitrogens with zero attached hydrogens (tertiary/aromatic N) is 1. The van der Waals surface area contributed by atoms with Gasteiger partial charge in [-0.2, -0.15) is 0 Å². The average Bonchev–Trinajstić information content (AvgIpc) is 3.22. The van der Waals surface area contributed by atoms with E-state index in [4.69, 9.17) is 14.2 Å². The third-order valence-electron chi connectivity index (χ3n) is 7.24. The zero-order chi connectivity index (χ0) is 28.4. The maximum atomic E-state index is 13.6. The highest BCUT2D eigenvalue weighted by Gasteiger charge is 2.43. The van der Waals surface area contributed by atoms with Gasteiger partial charge in [0.2, 0.25) is 11.8 Å².